The molecule has 0 unspecified atom stereocenters. The molecule has 4 rings (SSSR count). The van der Waals surface area contributed by atoms with E-state index in [0.717, 1.165) is 42.4 Å². The number of amides is 1. The molecule has 0 bridgehead atoms. The third-order valence-corrected chi connectivity index (χ3v) is 7.97. The highest BCUT2D eigenvalue weighted by atomic mass is 35.5. The molecule has 0 atom stereocenters. The number of halogens is 1. The van der Waals surface area contributed by atoms with Gasteiger partial charge in [0.25, 0.3) is 5.91 Å². The highest BCUT2D eigenvalue weighted by Gasteiger charge is 2.50. The lowest BCUT2D eigenvalue weighted by Crippen LogP contribution is -2.49. The van der Waals surface area contributed by atoms with Crippen molar-refractivity contribution < 1.29 is 14.7 Å². The summed E-state index contributed by atoms with van der Waals surface area (Å²) in [6.07, 6.45) is 3.79. The van der Waals surface area contributed by atoms with Crippen molar-refractivity contribution in [3.8, 4) is 0 Å². The molecule has 37 heavy (non-hydrogen) atoms. The number of rotatable bonds is 8. The van der Waals surface area contributed by atoms with E-state index < -0.39 is 11.6 Å². The van der Waals surface area contributed by atoms with Crippen LogP contribution in [0.3, 0.4) is 0 Å². The van der Waals surface area contributed by atoms with Crippen LogP contribution in [0, 0.1) is 11.3 Å². The van der Waals surface area contributed by atoms with E-state index in [4.69, 9.17) is 21.7 Å². The van der Waals surface area contributed by atoms with E-state index in [2.05, 4.69) is 32.7 Å². The number of nitrogens with zero attached hydrogens (tertiary/aromatic N) is 2. The van der Waals surface area contributed by atoms with Gasteiger partial charge >= 0.3 is 5.97 Å². The topological polar surface area (TPSA) is 82.0 Å². The molecule has 1 fully saturated rings. The van der Waals surface area contributed by atoms with Crippen molar-refractivity contribution in [1.29, 1.82) is 0 Å². The Balaban J connectivity index is 1.55. The van der Waals surface area contributed by atoms with Gasteiger partial charge in [0.15, 0.2) is 0 Å². The molecule has 0 aromatic heterocycles. The molecule has 1 aliphatic heterocycles. The van der Waals surface area contributed by atoms with Crippen LogP contribution in [0.4, 0.5) is 0 Å². The van der Waals surface area contributed by atoms with Crippen molar-refractivity contribution in [2.45, 2.75) is 65.1 Å². The number of nitrogens with one attached hydrogen (secondary N) is 1. The number of carboxylic acid groups (broad SMARTS) is 1. The maximum Gasteiger partial charge on any atom is 0.305 e. The highest BCUT2D eigenvalue weighted by molar-refractivity contribution is 6.46. The lowest BCUT2D eigenvalue weighted by Gasteiger charge is -2.44. The number of aliphatic imine (C=N–C) groups is 1. The Morgan fingerprint density at radius 2 is 1.76 bits per heavy atom. The second-order valence-electron chi connectivity index (χ2n) is 11.2. The summed E-state index contributed by atoms with van der Waals surface area (Å²) in [5.41, 5.74) is 3.59. The molecule has 2 aromatic carbocycles. The minimum Gasteiger partial charge on any atom is -0.481 e. The number of aliphatic carboxylic acids is 1. The number of hydrogen-bond donors (Lipinski definition) is 2. The summed E-state index contributed by atoms with van der Waals surface area (Å²) in [6, 6.07) is 15.3. The summed E-state index contributed by atoms with van der Waals surface area (Å²) < 4.78 is 0. The average Bonchev–Trinajstić information content (AvgIpc) is 3.10. The minimum absolute atomic E-state index is 0.0300. The van der Waals surface area contributed by atoms with E-state index in [1.165, 1.54) is 0 Å². The molecule has 1 aliphatic carbocycles. The van der Waals surface area contributed by atoms with Crippen LogP contribution in [0.25, 0.3) is 5.70 Å². The Morgan fingerprint density at radius 3 is 2.32 bits per heavy atom. The molecule has 196 valence electrons. The summed E-state index contributed by atoms with van der Waals surface area (Å²) in [4.78, 5) is 31.6. The van der Waals surface area contributed by atoms with Gasteiger partial charge in [-0.05, 0) is 60.3 Å². The van der Waals surface area contributed by atoms with Gasteiger partial charge in [-0.2, -0.15) is 0 Å². The fraction of sp³-hybridized carbons (Fsp3) is 0.433. The second-order valence-corrected chi connectivity index (χ2v) is 11.7. The maximum atomic E-state index is 13.8. The zero-order valence-corrected chi connectivity index (χ0v) is 22.6. The Hall–Kier alpha value is -3.12. The van der Waals surface area contributed by atoms with E-state index in [-0.39, 0.29) is 17.7 Å². The van der Waals surface area contributed by atoms with E-state index in [1.807, 2.05) is 41.3 Å². The van der Waals surface area contributed by atoms with Crippen LogP contribution in [0.2, 0.25) is 5.02 Å². The monoisotopic (exact) mass is 521 g/mol. The zero-order valence-electron chi connectivity index (χ0n) is 21.9. The third kappa shape index (κ3) is 6.07. The van der Waals surface area contributed by atoms with Gasteiger partial charge in [0.1, 0.15) is 11.4 Å². The first-order valence-electron chi connectivity index (χ1n) is 12.9. The van der Waals surface area contributed by atoms with Crippen molar-refractivity contribution in [3.05, 3.63) is 76.8 Å². The Labute approximate surface area is 224 Å². The van der Waals surface area contributed by atoms with Crippen LogP contribution in [0.1, 0.15) is 69.6 Å². The maximum absolute atomic E-state index is 13.8. The molecule has 7 heteroatoms. The molecule has 1 spiro atoms. The normalized spacial score (nSPS) is 21.7. The van der Waals surface area contributed by atoms with Crippen LogP contribution in [-0.2, 0) is 16.1 Å². The van der Waals surface area contributed by atoms with Crippen LogP contribution < -0.4 is 5.32 Å². The first-order valence-corrected chi connectivity index (χ1v) is 13.3. The SMILES string of the molecule is C=C(NCCC(=O)O)c1ccc(CN2C(=O)C(c3ccc(Cl)cc3)=NC23CCC(C(C)(C)C)CC3)cc1. The van der Waals surface area contributed by atoms with Gasteiger partial charge in [0.2, 0.25) is 0 Å². The molecule has 1 heterocycles. The van der Waals surface area contributed by atoms with Gasteiger partial charge in [-0.25, -0.2) is 0 Å². The molecule has 6 nitrogen and oxygen atoms in total. The van der Waals surface area contributed by atoms with Crippen LogP contribution >= 0.6 is 11.6 Å². The lowest BCUT2D eigenvalue weighted by molar-refractivity contribution is -0.136. The first-order chi connectivity index (χ1) is 17.5. The molecule has 0 saturated heterocycles. The number of benzene rings is 2. The largest absolute Gasteiger partial charge is 0.481 e. The quantitative estimate of drug-likeness (QED) is 0.437. The van der Waals surface area contributed by atoms with Gasteiger partial charge in [0, 0.05) is 29.4 Å². The van der Waals surface area contributed by atoms with Gasteiger partial charge < -0.3 is 15.3 Å². The fourth-order valence-corrected chi connectivity index (χ4v) is 5.52. The van der Waals surface area contributed by atoms with Gasteiger partial charge in [-0.3, -0.25) is 14.6 Å². The smallest absolute Gasteiger partial charge is 0.305 e. The molecule has 2 aliphatic rings. The third-order valence-electron chi connectivity index (χ3n) is 7.72. The van der Waals surface area contributed by atoms with Gasteiger partial charge in [0.05, 0.1) is 6.42 Å². The van der Waals surface area contributed by atoms with Crippen LogP contribution in [-0.4, -0.2) is 39.8 Å². The molecular weight excluding hydrogens is 486 g/mol. The lowest BCUT2D eigenvalue weighted by atomic mass is 9.69. The highest BCUT2D eigenvalue weighted by Crippen LogP contribution is 2.47. The van der Waals surface area contributed by atoms with Crippen molar-refractivity contribution in [2.75, 3.05) is 6.54 Å². The second kappa shape index (κ2) is 10.7. The predicted octanol–water partition coefficient (Wildman–Crippen LogP) is 6.14. The fourth-order valence-electron chi connectivity index (χ4n) is 5.39. The van der Waals surface area contributed by atoms with Gasteiger partial charge in [-0.1, -0.05) is 75.3 Å². The average molecular weight is 522 g/mol. The number of hydrogen-bond acceptors (Lipinski definition) is 4. The number of carbonyl (C=O) groups excluding carboxylic acids is 1. The molecular formula is C30H36ClN3O3. The van der Waals surface area contributed by atoms with Crippen molar-refractivity contribution in [1.82, 2.24) is 10.2 Å². The summed E-state index contributed by atoms with van der Waals surface area (Å²) in [5.74, 6) is -0.291. The Morgan fingerprint density at radius 1 is 1.14 bits per heavy atom. The number of carbonyl (C=O) groups is 2. The summed E-state index contributed by atoms with van der Waals surface area (Å²) >= 11 is 6.10. The van der Waals surface area contributed by atoms with Crippen LogP contribution in [0.5, 0.6) is 0 Å². The Bertz CT molecular complexity index is 1190. The summed E-state index contributed by atoms with van der Waals surface area (Å²) in [6.45, 7) is 11.7. The van der Waals surface area contributed by atoms with Crippen molar-refractivity contribution in [2.24, 2.45) is 16.3 Å². The van der Waals surface area contributed by atoms with Crippen molar-refractivity contribution in [3.63, 3.8) is 0 Å². The molecule has 1 amide bonds. The zero-order chi connectivity index (χ0) is 26.8. The summed E-state index contributed by atoms with van der Waals surface area (Å²) in [5, 5.41) is 12.5. The molecule has 2 N–H and O–H groups in total. The predicted molar refractivity (Wildman–Crippen MR) is 148 cm³/mol. The standard InChI is InChI=1S/C30H36ClN3O3/c1-20(32-18-15-26(35)36)22-7-5-21(6-8-22)19-34-28(37)27(23-9-11-25(31)12-10-23)33-30(34)16-13-24(14-17-30)29(2,3)4/h5-12,24,32H,1,13-19H2,2-4H3,(H,35,36). The number of carboxylic acids is 1. The first kappa shape index (κ1) is 26.9. The van der Waals surface area contributed by atoms with Gasteiger partial charge in [-0.15, -0.1) is 0 Å². The molecule has 2 aromatic rings. The van der Waals surface area contributed by atoms with Crippen molar-refractivity contribution >= 4 is 34.9 Å². The van der Waals surface area contributed by atoms with E-state index in [0.29, 0.717) is 35.4 Å². The molecule has 0 radical (unpaired) electrons. The minimum atomic E-state index is -0.850. The Kier molecular flexibility index (Phi) is 7.79. The van der Waals surface area contributed by atoms with E-state index >= 15 is 0 Å². The van der Waals surface area contributed by atoms with E-state index in [9.17, 15) is 9.59 Å². The van der Waals surface area contributed by atoms with Crippen LogP contribution in [0.15, 0.2) is 60.1 Å². The molecule has 1 saturated carbocycles. The van der Waals surface area contributed by atoms with E-state index in [1.54, 1.807) is 12.1 Å². The summed E-state index contributed by atoms with van der Waals surface area (Å²) in [7, 11) is 0.